The first-order chi connectivity index (χ1) is 17.4. The number of rotatable bonds is 8. The van der Waals surface area contributed by atoms with Gasteiger partial charge in [0, 0.05) is 25.3 Å². The highest BCUT2D eigenvalue weighted by atomic mass is 16.6. The van der Waals surface area contributed by atoms with Crippen LogP contribution in [0.1, 0.15) is 37.8 Å². The van der Waals surface area contributed by atoms with Gasteiger partial charge in [0.2, 0.25) is 0 Å². The van der Waals surface area contributed by atoms with Gasteiger partial charge in [0.1, 0.15) is 5.75 Å². The number of hydrogen-bond donors (Lipinski definition) is 1. The number of benzene rings is 4. The van der Waals surface area contributed by atoms with Gasteiger partial charge in [-0.3, -0.25) is 10.1 Å². The predicted octanol–water partition coefficient (Wildman–Crippen LogP) is 8.02. The minimum absolute atomic E-state index is 0.0872. The molecule has 36 heavy (non-hydrogen) atoms. The second kappa shape index (κ2) is 13.2. The molecular weight excluding hydrogens is 450 g/mol. The summed E-state index contributed by atoms with van der Waals surface area (Å²) in [5.41, 5.74) is 6.68. The zero-order chi connectivity index (χ0) is 25.9. The Bertz CT molecular complexity index is 1230. The molecule has 0 aliphatic rings. The van der Waals surface area contributed by atoms with Crippen molar-refractivity contribution in [3.63, 3.8) is 0 Å². The monoisotopic (exact) mass is 483 g/mol. The van der Waals surface area contributed by atoms with Crippen molar-refractivity contribution in [1.29, 1.82) is 0 Å². The molecule has 0 radical (unpaired) electrons. The molecule has 1 unspecified atom stereocenters. The van der Waals surface area contributed by atoms with Gasteiger partial charge in [-0.25, -0.2) is 0 Å². The van der Waals surface area contributed by atoms with Crippen molar-refractivity contribution in [2.24, 2.45) is 0 Å². The van der Waals surface area contributed by atoms with Crippen LogP contribution in [0.5, 0.6) is 5.75 Å². The standard InChI is InChI=1S/C27H23NO3.C4H10O/c1-19(17-20-7-14-25(29)15-8-20)23-11-16-26(22-9-12-24(13-10-22)28(30)31)27(18-23)21-5-3-2-4-6-21;1-3-5-4-2/h2-16,18-19,29H,17H2,1H3;3-4H2,1-2H3. The van der Waals surface area contributed by atoms with Gasteiger partial charge < -0.3 is 9.84 Å². The topological polar surface area (TPSA) is 72.6 Å². The van der Waals surface area contributed by atoms with E-state index in [4.69, 9.17) is 4.74 Å². The fraction of sp³-hybridized carbons (Fsp3) is 0.226. The second-order valence-corrected chi connectivity index (χ2v) is 8.53. The molecule has 5 nitrogen and oxygen atoms in total. The number of hydrogen-bond acceptors (Lipinski definition) is 4. The van der Waals surface area contributed by atoms with Crippen molar-refractivity contribution in [3.8, 4) is 28.0 Å². The summed E-state index contributed by atoms with van der Waals surface area (Å²) in [4.78, 5) is 10.6. The van der Waals surface area contributed by atoms with Crippen LogP contribution in [0.15, 0.2) is 97.1 Å². The van der Waals surface area contributed by atoms with E-state index < -0.39 is 0 Å². The molecular formula is C31H33NO4. The van der Waals surface area contributed by atoms with Crippen molar-refractivity contribution in [3.05, 3.63) is 118 Å². The number of aromatic hydroxyl groups is 1. The molecule has 0 aliphatic heterocycles. The van der Waals surface area contributed by atoms with E-state index in [9.17, 15) is 15.2 Å². The van der Waals surface area contributed by atoms with Crippen LogP contribution in [0.25, 0.3) is 22.3 Å². The number of phenolic OH excluding ortho intramolecular Hbond substituents is 1. The first kappa shape index (κ1) is 26.6. The molecule has 0 aliphatic carbocycles. The number of non-ortho nitro benzene ring substituents is 1. The van der Waals surface area contributed by atoms with Gasteiger partial charge in [0.15, 0.2) is 0 Å². The first-order valence-corrected chi connectivity index (χ1v) is 12.2. The normalized spacial score (nSPS) is 11.3. The highest BCUT2D eigenvalue weighted by molar-refractivity contribution is 5.84. The third kappa shape index (κ3) is 7.27. The fourth-order valence-electron chi connectivity index (χ4n) is 4.05. The lowest BCUT2D eigenvalue weighted by Gasteiger charge is -2.17. The van der Waals surface area contributed by atoms with E-state index in [1.807, 2.05) is 44.2 Å². The van der Waals surface area contributed by atoms with Crippen LogP contribution < -0.4 is 0 Å². The van der Waals surface area contributed by atoms with Crippen LogP contribution in [0.2, 0.25) is 0 Å². The maximum absolute atomic E-state index is 11.0. The van der Waals surface area contributed by atoms with Crippen molar-refractivity contribution >= 4 is 5.69 Å². The van der Waals surface area contributed by atoms with E-state index in [2.05, 4.69) is 37.3 Å². The lowest BCUT2D eigenvalue weighted by molar-refractivity contribution is -0.384. The number of nitrogens with zero attached hydrogens (tertiary/aromatic N) is 1. The number of phenols is 1. The third-order valence-electron chi connectivity index (χ3n) is 5.97. The van der Waals surface area contributed by atoms with Crippen LogP contribution in [-0.2, 0) is 11.2 Å². The zero-order valence-corrected chi connectivity index (χ0v) is 21.1. The average molecular weight is 484 g/mol. The third-order valence-corrected chi connectivity index (χ3v) is 5.97. The SMILES string of the molecule is CC(Cc1ccc(O)cc1)c1ccc(-c2ccc([N+](=O)[O-])cc2)c(-c2ccccc2)c1.CCOCC. The van der Waals surface area contributed by atoms with E-state index in [1.165, 1.54) is 11.1 Å². The molecule has 0 bridgehead atoms. The molecule has 5 heteroatoms. The number of nitro benzene ring substituents is 1. The summed E-state index contributed by atoms with van der Waals surface area (Å²) in [6, 6.07) is 30.7. The molecule has 4 rings (SSSR count). The molecule has 0 amide bonds. The van der Waals surface area contributed by atoms with Gasteiger partial charge >= 0.3 is 0 Å². The van der Waals surface area contributed by atoms with Crippen molar-refractivity contribution < 1.29 is 14.8 Å². The Kier molecular flexibility index (Phi) is 9.78. The van der Waals surface area contributed by atoms with Crippen molar-refractivity contribution in [1.82, 2.24) is 0 Å². The quantitative estimate of drug-likeness (QED) is 0.203. The molecule has 186 valence electrons. The van der Waals surface area contributed by atoms with E-state index in [0.717, 1.165) is 41.9 Å². The zero-order valence-electron chi connectivity index (χ0n) is 21.1. The highest BCUT2D eigenvalue weighted by Gasteiger charge is 2.14. The Hall–Kier alpha value is -3.96. The fourth-order valence-corrected chi connectivity index (χ4v) is 4.05. The van der Waals surface area contributed by atoms with E-state index in [0.29, 0.717) is 0 Å². The molecule has 1 atom stereocenters. The lowest BCUT2D eigenvalue weighted by atomic mass is 9.87. The average Bonchev–Trinajstić information content (AvgIpc) is 2.91. The molecule has 1 N–H and O–H groups in total. The Balaban J connectivity index is 0.000000658. The van der Waals surface area contributed by atoms with Crippen LogP contribution in [-0.4, -0.2) is 23.2 Å². The van der Waals surface area contributed by atoms with Crippen LogP contribution >= 0.6 is 0 Å². The van der Waals surface area contributed by atoms with E-state index >= 15 is 0 Å². The van der Waals surface area contributed by atoms with E-state index in [1.54, 1.807) is 36.4 Å². The largest absolute Gasteiger partial charge is 0.508 e. The summed E-state index contributed by atoms with van der Waals surface area (Å²) < 4.78 is 4.83. The smallest absolute Gasteiger partial charge is 0.269 e. The Morgan fingerprint density at radius 2 is 1.42 bits per heavy atom. The predicted molar refractivity (Wildman–Crippen MR) is 146 cm³/mol. The van der Waals surface area contributed by atoms with E-state index in [-0.39, 0.29) is 22.3 Å². The van der Waals surface area contributed by atoms with Crippen molar-refractivity contribution in [2.75, 3.05) is 13.2 Å². The molecule has 0 spiro atoms. The van der Waals surface area contributed by atoms with Gasteiger partial charge in [-0.2, -0.15) is 0 Å². The van der Waals surface area contributed by atoms with Crippen molar-refractivity contribution in [2.45, 2.75) is 33.1 Å². The second-order valence-electron chi connectivity index (χ2n) is 8.53. The summed E-state index contributed by atoms with van der Waals surface area (Å²) in [6.45, 7) is 7.86. The maximum atomic E-state index is 11.0. The first-order valence-electron chi connectivity index (χ1n) is 12.2. The molecule has 0 saturated heterocycles. The minimum Gasteiger partial charge on any atom is -0.508 e. The maximum Gasteiger partial charge on any atom is 0.269 e. The molecule has 0 aromatic heterocycles. The van der Waals surface area contributed by atoms with Gasteiger partial charge in [0.25, 0.3) is 5.69 Å². The van der Waals surface area contributed by atoms with Gasteiger partial charge in [-0.15, -0.1) is 0 Å². The minimum atomic E-state index is -0.379. The Morgan fingerprint density at radius 3 is 1.97 bits per heavy atom. The molecule has 4 aromatic carbocycles. The molecule has 0 saturated carbocycles. The summed E-state index contributed by atoms with van der Waals surface area (Å²) in [6.07, 6.45) is 0.866. The lowest BCUT2D eigenvalue weighted by Crippen LogP contribution is -1.99. The summed E-state index contributed by atoms with van der Waals surface area (Å²) in [5.74, 6) is 0.563. The Labute approximate surface area is 213 Å². The Morgan fingerprint density at radius 1 is 0.806 bits per heavy atom. The molecule has 0 fully saturated rings. The summed E-state index contributed by atoms with van der Waals surface area (Å²) >= 11 is 0. The number of nitro groups is 1. The molecule has 4 aromatic rings. The van der Waals surface area contributed by atoms with Crippen LogP contribution in [0.4, 0.5) is 5.69 Å². The molecule has 0 heterocycles. The number of ether oxygens (including phenoxy) is 1. The van der Waals surface area contributed by atoms with Crippen LogP contribution in [0, 0.1) is 10.1 Å². The van der Waals surface area contributed by atoms with Gasteiger partial charge in [-0.05, 0) is 83.8 Å². The highest BCUT2D eigenvalue weighted by Crippen LogP contribution is 2.36. The van der Waals surface area contributed by atoms with Gasteiger partial charge in [0.05, 0.1) is 4.92 Å². The van der Waals surface area contributed by atoms with Crippen LogP contribution in [0.3, 0.4) is 0 Å². The summed E-state index contributed by atoms with van der Waals surface area (Å²) in [7, 11) is 0. The summed E-state index contributed by atoms with van der Waals surface area (Å²) in [5, 5.41) is 20.5. The van der Waals surface area contributed by atoms with Gasteiger partial charge in [-0.1, -0.05) is 67.6 Å².